The van der Waals surface area contributed by atoms with Gasteiger partial charge in [-0.3, -0.25) is 24.0 Å². The number of aliphatic carboxylic acids is 1. The van der Waals surface area contributed by atoms with Gasteiger partial charge in [0.15, 0.2) is 0 Å². The number of benzene rings is 1. The third-order valence-corrected chi connectivity index (χ3v) is 6.04. The van der Waals surface area contributed by atoms with E-state index in [9.17, 15) is 33.9 Å². The molecule has 0 spiro atoms. The Morgan fingerprint density at radius 2 is 1.54 bits per heavy atom. The number of amides is 5. The molecule has 0 fully saturated rings. The van der Waals surface area contributed by atoms with Crippen LogP contribution in [0.15, 0.2) is 30.5 Å². The van der Waals surface area contributed by atoms with Gasteiger partial charge >= 0.3 is 5.97 Å². The van der Waals surface area contributed by atoms with Crippen LogP contribution in [0.25, 0.3) is 10.9 Å². The standard InChI is InChI=1S/C25H35N7O7/c1-12(2)21(32-23(36)17(10-20(28)34)30-22(35)15(26)7-8-19(27)33)24(37)31-18(25(38)39)9-13-11-29-16-6-4-3-5-14(13)16/h3-6,11-12,15,17-18,21,29H,7-10,26H2,1-2H3,(H2,27,33)(H2,28,34)(H,30,35)(H,31,37)(H,32,36)(H,38,39). The fourth-order valence-electron chi connectivity index (χ4n) is 3.89. The molecule has 0 aliphatic carbocycles. The Balaban J connectivity index is 2.14. The predicted molar refractivity (Wildman–Crippen MR) is 140 cm³/mol. The van der Waals surface area contributed by atoms with Gasteiger partial charge in [-0.05, 0) is 24.0 Å². The highest BCUT2D eigenvalue weighted by Gasteiger charge is 2.33. The van der Waals surface area contributed by atoms with Crippen LogP contribution in [0.5, 0.6) is 0 Å². The maximum atomic E-state index is 13.1. The first-order valence-corrected chi connectivity index (χ1v) is 12.3. The van der Waals surface area contributed by atoms with Crippen molar-refractivity contribution in [3.8, 4) is 0 Å². The van der Waals surface area contributed by atoms with E-state index in [0.717, 1.165) is 10.9 Å². The number of para-hydroxylation sites is 1. The third-order valence-electron chi connectivity index (χ3n) is 6.04. The van der Waals surface area contributed by atoms with Crippen LogP contribution in [0.4, 0.5) is 0 Å². The van der Waals surface area contributed by atoms with Gasteiger partial charge in [-0.15, -0.1) is 0 Å². The minimum atomic E-state index is -1.47. The van der Waals surface area contributed by atoms with Gasteiger partial charge < -0.3 is 43.2 Å². The minimum Gasteiger partial charge on any atom is -0.480 e. The lowest BCUT2D eigenvalue weighted by Crippen LogP contribution is -2.59. The summed E-state index contributed by atoms with van der Waals surface area (Å²) in [6.45, 7) is 3.25. The van der Waals surface area contributed by atoms with Crippen molar-refractivity contribution >= 4 is 46.4 Å². The highest BCUT2D eigenvalue weighted by Crippen LogP contribution is 2.19. The van der Waals surface area contributed by atoms with E-state index in [2.05, 4.69) is 20.9 Å². The molecule has 11 N–H and O–H groups in total. The highest BCUT2D eigenvalue weighted by molar-refractivity contribution is 5.96. The number of carboxylic acids is 1. The van der Waals surface area contributed by atoms with Gasteiger partial charge in [-0.2, -0.15) is 0 Å². The normalized spacial score (nSPS) is 14.2. The number of aromatic nitrogens is 1. The van der Waals surface area contributed by atoms with Gasteiger partial charge in [0.05, 0.1) is 12.5 Å². The molecule has 4 unspecified atom stereocenters. The maximum absolute atomic E-state index is 13.1. The molecule has 0 aliphatic rings. The van der Waals surface area contributed by atoms with Crippen molar-refractivity contribution < 1.29 is 33.9 Å². The molecule has 212 valence electrons. The Bertz CT molecular complexity index is 1230. The molecule has 0 radical (unpaired) electrons. The number of nitrogens with two attached hydrogens (primary N) is 3. The minimum absolute atomic E-state index is 0.0204. The van der Waals surface area contributed by atoms with Crippen molar-refractivity contribution in [1.82, 2.24) is 20.9 Å². The van der Waals surface area contributed by atoms with Crippen molar-refractivity contribution in [3.05, 3.63) is 36.0 Å². The molecular formula is C25H35N7O7. The molecule has 4 atom stereocenters. The molecule has 0 saturated heterocycles. The largest absolute Gasteiger partial charge is 0.480 e. The monoisotopic (exact) mass is 545 g/mol. The van der Waals surface area contributed by atoms with Crippen molar-refractivity contribution in [1.29, 1.82) is 0 Å². The molecule has 39 heavy (non-hydrogen) atoms. The molecular weight excluding hydrogens is 510 g/mol. The maximum Gasteiger partial charge on any atom is 0.326 e. The number of fused-ring (bicyclic) bond motifs is 1. The Kier molecular flexibility index (Phi) is 11.0. The molecule has 14 nitrogen and oxygen atoms in total. The quantitative estimate of drug-likeness (QED) is 0.129. The van der Waals surface area contributed by atoms with Crippen molar-refractivity contribution in [2.75, 3.05) is 0 Å². The molecule has 1 heterocycles. The molecule has 1 aromatic carbocycles. The second-order valence-corrected chi connectivity index (χ2v) is 9.54. The molecule has 5 amide bonds. The van der Waals surface area contributed by atoms with Crippen LogP contribution >= 0.6 is 0 Å². The Hall–Kier alpha value is -4.46. The summed E-state index contributed by atoms with van der Waals surface area (Å²) in [6.07, 6.45) is 0.800. The number of nitrogens with one attached hydrogen (secondary N) is 4. The number of aromatic amines is 1. The molecule has 14 heteroatoms. The topological polar surface area (TPSA) is 253 Å². The van der Waals surface area contributed by atoms with E-state index >= 15 is 0 Å². The van der Waals surface area contributed by atoms with Crippen LogP contribution in [0.3, 0.4) is 0 Å². The summed E-state index contributed by atoms with van der Waals surface area (Å²) in [5.41, 5.74) is 17.5. The van der Waals surface area contributed by atoms with E-state index in [1.165, 1.54) is 0 Å². The summed E-state index contributed by atoms with van der Waals surface area (Å²) in [6, 6.07) is 2.13. The fraction of sp³-hybridized carbons (Fsp3) is 0.440. The summed E-state index contributed by atoms with van der Waals surface area (Å²) in [4.78, 5) is 76.0. The van der Waals surface area contributed by atoms with Crippen molar-refractivity contribution in [3.63, 3.8) is 0 Å². The van der Waals surface area contributed by atoms with E-state index in [4.69, 9.17) is 17.2 Å². The first-order valence-electron chi connectivity index (χ1n) is 12.3. The zero-order valence-corrected chi connectivity index (χ0v) is 21.7. The lowest BCUT2D eigenvalue weighted by Gasteiger charge is -2.26. The van der Waals surface area contributed by atoms with Gasteiger partial charge in [0.1, 0.15) is 18.1 Å². The Morgan fingerprint density at radius 3 is 2.13 bits per heavy atom. The van der Waals surface area contributed by atoms with Crippen LogP contribution in [-0.2, 0) is 35.2 Å². The number of rotatable bonds is 15. The summed E-state index contributed by atoms with van der Waals surface area (Å²) in [7, 11) is 0. The predicted octanol–water partition coefficient (Wildman–Crippen LogP) is -1.63. The fourth-order valence-corrected chi connectivity index (χ4v) is 3.89. The van der Waals surface area contributed by atoms with Gasteiger partial charge in [0.2, 0.25) is 29.5 Å². The first-order chi connectivity index (χ1) is 18.3. The van der Waals surface area contributed by atoms with Crippen LogP contribution < -0.4 is 33.2 Å². The van der Waals surface area contributed by atoms with E-state index in [0.29, 0.717) is 5.56 Å². The zero-order chi connectivity index (χ0) is 29.3. The first kappa shape index (κ1) is 30.8. The van der Waals surface area contributed by atoms with Crippen LogP contribution in [0.1, 0.15) is 38.7 Å². The van der Waals surface area contributed by atoms with E-state index < -0.39 is 72.0 Å². The third kappa shape index (κ3) is 9.10. The number of hydrogen-bond acceptors (Lipinski definition) is 7. The Morgan fingerprint density at radius 1 is 0.897 bits per heavy atom. The second kappa shape index (κ2) is 13.9. The molecule has 2 rings (SSSR count). The number of H-pyrrole nitrogens is 1. The number of hydrogen-bond donors (Lipinski definition) is 8. The average Bonchev–Trinajstić information content (AvgIpc) is 3.26. The van der Waals surface area contributed by atoms with Crippen LogP contribution in [0.2, 0.25) is 0 Å². The van der Waals surface area contributed by atoms with Gasteiger partial charge in [0.25, 0.3) is 0 Å². The lowest BCUT2D eigenvalue weighted by molar-refractivity contribution is -0.142. The zero-order valence-electron chi connectivity index (χ0n) is 21.7. The number of carbonyl (C=O) groups excluding carboxylic acids is 5. The molecule has 2 aromatic rings. The molecule has 1 aromatic heterocycles. The second-order valence-electron chi connectivity index (χ2n) is 9.54. The summed E-state index contributed by atoms with van der Waals surface area (Å²) in [5.74, 6) is -5.84. The van der Waals surface area contributed by atoms with Crippen LogP contribution in [-0.4, -0.2) is 69.8 Å². The lowest BCUT2D eigenvalue weighted by atomic mass is 10.00. The van der Waals surface area contributed by atoms with E-state index in [-0.39, 0.29) is 19.3 Å². The SMILES string of the molecule is CC(C)C(NC(=O)C(CC(N)=O)NC(=O)C(N)CCC(N)=O)C(=O)NC(Cc1c[nH]c2ccccc12)C(=O)O. The summed E-state index contributed by atoms with van der Waals surface area (Å²) < 4.78 is 0. The van der Waals surface area contributed by atoms with Gasteiger partial charge in [-0.1, -0.05) is 32.0 Å². The number of carbonyl (C=O) groups is 6. The molecule has 0 aliphatic heterocycles. The summed E-state index contributed by atoms with van der Waals surface area (Å²) in [5, 5.41) is 17.8. The summed E-state index contributed by atoms with van der Waals surface area (Å²) >= 11 is 0. The smallest absolute Gasteiger partial charge is 0.326 e. The number of primary amides is 2. The average molecular weight is 546 g/mol. The van der Waals surface area contributed by atoms with Crippen molar-refractivity contribution in [2.24, 2.45) is 23.1 Å². The van der Waals surface area contributed by atoms with E-state index in [1.54, 1.807) is 20.0 Å². The molecule has 0 bridgehead atoms. The Labute approximate surface area is 224 Å². The molecule has 0 saturated carbocycles. The highest BCUT2D eigenvalue weighted by atomic mass is 16.4. The van der Waals surface area contributed by atoms with Gasteiger partial charge in [0, 0.05) is 29.9 Å². The van der Waals surface area contributed by atoms with E-state index in [1.807, 2.05) is 24.3 Å². The number of carboxylic acid groups (broad SMARTS) is 1. The van der Waals surface area contributed by atoms with Crippen molar-refractivity contribution in [2.45, 2.75) is 63.7 Å². The van der Waals surface area contributed by atoms with Crippen LogP contribution in [0, 0.1) is 5.92 Å². The van der Waals surface area contributed by atoms with Gasteiger partial charge in [-0.25, -0.2) is 4.79 Å².